The van der Waals surface area contributed by atoms with Gasteiger partial charge >= 0.3 is 0 Å². The fourth-order valence-electron chi connectivity index (χ4n) is 4.03. The van der Waals surface area contributed by atoms with Crippen molar-refractivity contribution < 1.29 is 14.0 Å². The van der Waals surface area contributed by atoms with Crippen molar-refractivity contribution in [1.29, 1.82) is 0 Å². The van der Waals surface area contributed by atoms with Crippen LogP contribution in [0.5, 0.6) is 0 Å². The number of amides is 2. The van der Waals surface area contributed by atoms with E-state index in [4.69, 9.17) is 0 Å². The van der Waals surface area contributed by atoms with E-state index in [1.807, 2.05) is 30.3 Å². The summed E-state index contributed by atoms with van der Waals surface area (Å²) in [6, 6.07) is 16.0. The molecule has 0 radical (unpaired) electrons. The zero-order chi connectivity index (χ0) is 21.5. The summed E-state index contributed by atoms with van der Waals surface area (Å²) in [7, 11) is 0. The molecule has 2 aromatic carbocycles. The summed E-state index contributed by atoms with van der Waals surface area (Å²) in [6.07, 6.45) is 2.70. The average Bonchev–Trinajstić information content (AvgIpc) is 2.75. The maximum absolute atomic E-state index is 13.1. The Hall–Kier alpha value is -2.69. The van der Waals surface area contributed by atoms with E-state index >= 15 is 0 Å². The first-order chi connectivity index (χ1) is 14.4. The van der Waals surface area contributed by atoms with Gasteiger partial charge in [-0.05, 0) is 48.4 Å². The number of piperidine rings is 1. The summed E-state index contributed by atoms with van der Waals surface area (Å²) >= 11 is 0. The van der Waals surface area contributed by atoms with Gasteiger partial charge < -0.3 is 10.2 Å². The van der Waals surface area contributed by atoms with Crippen LogP contribution in [0.15, 0.2) is 54.6 Å². The minimum Gasteiger partial charge on any atom is -0.349 e. The first-order valence-corrected chi connectivity index (χ1v) is 10.8. The first kappa shape index (κ1) is 22.0. The van der Waals surface area contributed by atoms with Crippen molar-refractivity contribution >= 4 is 11.8 Å². The van der Waals surface area contributed by atoms with Crippen molar-refractivity contribution in [3.63, 3.8) is 0 Å². The molecule has 30 heavy (non-hydrogen) atoms. The Morgan fingerprint density at radius 2 is 1.80 bits per heavy atom. The van der Waals surface area contributed by atoms with Gasteiger partial charge in [-0.1, -0.05) is 56.3 Å². The Labute approximate surface area is 178 Å². The van der Waals surface area contributed by atoms with Crippen LogP contribution >= 0.6 is 0 Å². The molecule has 0 aromatic heterocycles. The Morgan fingerprint density at radius 3 is 2.47 bits per heavy atom. The molecule has 0 aliphatic carbocycles. The summed E-state index contributed by atoms with van der Waals surface area (Å²) < 4.78 is 13.1. The molecule has 5 heteroatoms. The highest BCUT2D eigenvalue weighted by Crippen LogP contribution is 2.24. The number of benzene rings is 2. The smallest absolute Gasteiger partial charge is 0.227 e. The van der Waals surface area contributed by atoms with Crippen LogP contribution in [0.1, 0.15) is 50.3 Å². The number of carbonyl (C=O) groups is 2. The molecular formula is C25H31FN2O2. The molecule has 0 spiro atoms. The molecule has 160 valence electrons. The number of nitrogens with one attached hydrogen (secondary N) is 1. The highest BCUT2D eigenvalue weighted by Gasteiger charge is 2.30. The van der Waals surface area contributed by atoms with Gasteiger partial charge in [0.1, 0.15) is 5.82 Å². The van der Waals surface area contributed by atoms with E-state index in [0.717, 1.165) is 30.4 Å². The molecule has 1 heterocycles. The second kappa shape index (κ2) is 10.4. The van der Waals surface area contributed by atoms with Crippen molar-refractivity contribution in [1.82, 2.24) is 10.2 Å². The van der Waals surface area contributed by atoms with Gasteiger partial charge in [0.05, 0.1) is 18.4 Å². The summed E-state index contributed by atoms with van der Waals surface area (Å²) in [5, 5.41) is 3.23. The number of hydrogen-bond acceptors (Lipinski definition) is 2. The van der Waals surface area contributed by atoms with Crippen molar-refractivity contribution in [3.8, 4) is 0 Å². The van der Waals surface area contributed by atoms with Crippen LogP contribution < -0.4 is 5.32 Å². The van der Waals surface area contributed by atoms with E-state index < -0.39 is 0 Å². The van der Waals surface area contributed by atoms with Crippen LogP contribution in [0.4, 0.5) is 4.39 Å². The predicted molar refractivity (Wildman–Crippen MR) is 116 cm³/mol. The van der Waals surface area contributed by atoms with Gasteiger partial charge in [0.15, 0.2) is 0 Å². The summed E-state index contributed by atoms with van der Waals surface area (Å²) in [6.45, 7) is 5.41. The summed E-state index contributed by atoms with van der Waals surface area (Å²) in [5.41, 5.74) is 1.90. The van der Waals surface area contributed by atoms with Crippen molar-refractivity contribution in [2.75, 3.05) is 13.1 Å². The third kappa shape index (κ3) is 6.15. The first-order valence-electron chi connectivity index (χ1n) is 10.8. The van der Waals surface area contributed by atoms with Crippen LogP contribution in [0.2, 0.25) is 0 Å². The number of hydrogen-bond donors (Lipinski definition) is 1. The second-order valence-corrected chi connectivity index (χ2v) is 8.58. The molecule has 1 aliphatic rings. The molecule has 2 amide bonds. The fraction of sp³-hybridized carbons (Fsp3) is 0.440. The minimum absolute atomic E-state index is 0.0131. The Balaban J connectivity index is 1.61. The zero-order valence-electron chi connectivity index (χ0n) is 17.8. The van der Waals surface area contributed by atoms with Crippen LogP contribution in [-0.4, -0.2) is 29.8 Å². The van der Waals surface area contributed by atoms with Crippen molar-refractivity contribution in [2.45, 2.75) is 45.6 Å². The zero-order valence-corrected chi connectivity index (χ0v) is 17.8. The summed E-state index contributed by atoms with van der Waals surface area (Å²) in [5.74, 6) is -0.0510. The molecule has 2 unspecified atom stereocenters. The van der Waals surface area contributed by atoms with Crippen LogP contribution in [0.3, 0.4) is 0 Å². The van der Waals surface area contributed by atoms with E-state index in [-0.39, 0.29) is 36.0 Å². The highest BCUT2D eigenvalue weighted by atomic mass is 19.1. The molecule has 1 fully saturated rings. The normalized spacial score (nSPS) is 17.6. The number of rotatable bonds is 7. The lowest BCUT2D eigenvalue weighted by Crippen LogP contribution is -2.46. The topological polar surface area (TPSA) is 49.4 Å². The molecule has 1 saturated heterocycles. The Bertz CT molecular complexity index is 836. The Kier molecular flexibility index (Phi) is 7.61. The maximum Gasteiger partial charge on any atom is 0.227 e. The third-order valence-corrected chi connectivity index (χ3v) is 5.64. The van der Waals surface area contributed by atoms with E-state index in [2.05, 4.69) is 19.2 Å². The second-order valence-electron chi connectivity index (χ2n) is 8.58. The van der Waals surface area contributed by atoms with E-state index in [0.29, 0.717) is 19.0 Å². The van der Waals surface area contributed by atoms with Crippen LogP contribution in [0.25, 0.3) is 0 Å². The SMILES string of the molecule is CC(C)CC(NC(=O)C1CCCN(C(=O)Cc2ccc(F)cc2)C1)c1ccccc1. The van der Waals surface area contributed by atoms with E-state index in [9.17, 15) is 14.0 Å². The third-order valence-electron chi connectivity index (χ3n) is 5.64. The molecule has 1 N–H and O–H groups in total. The number of likely N-dealkylation sites (tertiary alicyclic amines) is 1. The van der Waals surface area contributed by atoms with Crippen LogP contribution in [0, 0.1) is 17.7 Å². The quantitative estimate of drug-likeness (QED) is 0.730. The molecular weight excluding hydrogens is 379 g/mol. The molecule has 2 atom stereocenters. The lowest BCUT2D eigenvalue weighted by atomic mass is 9.93. The molecule has 0 bridgehead atoms. The maximum atomic E-state index is 13.1. The highest BCUT2D eigenvalue weighted by molar-refractivity contribution is 5.82. The van der Waals surface area contributed by atoms with Crippen LogP contribution in [-0.2, 0) is 16.0 Å². The monoisotopic (exact) mass is 410 g/mol. The molecule has 2 aromatic rings. The van der Waals surface area contributed by atoms with Gasteiger partial charge in [0.25, 0.3) is 0 Å². The molecule has 4 nitrogen and oxygen atoms in total. The molecule has 1 aliphatic heterocycles. The Morgan fingerprint density at radius 1 is 1.10 bits per heavy atom. The van der Waals surface area contributed by atoms with Gasteiger partial charge in [-0.2, -0.15) is 0 Å². The summed E-state index contributed by atoms with van der Waals surface area (Å²) in [4.78, 5) is 27.5. The van der Waals surface area contributed by atoms with Gasteiger partial charge in [-0.3, -0.25) is 9.59 Å². The molecule has 3 rings (SSSR count). The predicted octanol–water partition coefficient (Wildman–Crippen LogP) is 4.51. The van der Waals surface area contributed by atoms with Gasteiger partial charge in [-0.15, -0.1) is 0 Å². The average molecular weight is 411 g/mol. The minimum atomic E-state index is -0.310. The van der Waals surface area contributed by atoms with Gasteiger partial charge in [0, 0.05) is 13.1 Å². The lowest BCUT2D eigenvalue weighted by Gasteiger charge is -2.33. The van der Waals surface area contributed by atoms with E-state index in [1.165, 1.54) is 12.1 Å². The number of carbonyl (C=O) groups excluding carboxylic acids is 2. The number of nitrogens with zero attached hydrogens (tertiary/aromatic N) is 1. The largest absolute Gasteiger partial charge is 0.349 e. The van der Waals surface area contributed by atoms with Gasteiger partial charge in [-0.25, -0.2) is 4.39 Å². The van der Waals surface area contributed by atoms with Gasteiger partial charge in [0.2, 0.25) is 11.8 Å². The van der Waals surface area contributed by atoms with Crippen molar-refractivity contribution in [2.24, 2.45) is 11.8 Å². The van der Waals surface area contributed by atoms with Crippen molar-refractivity contribution in [3.05, 3.63) is 71.5 Å². The van der Waals surface area contributed by atoms with E-state index in [1.54, 1.807) is 17.0 Å². The standard InChI is InChI=1S/C25H31FN2O2/c1-18(2)15-23(20-7-4-3-5-8-20)27-25(30)21-9-6-14-28(17-21)24(29)16-19-10-12-22(26)13-11-19/h3-5,7-8,10-13,18,21,23H,6,9,14-17H2,1-2H3,(H,27,30). The molecule has 0 saturated carbocycles. The number of halogens is 1. The lowest BCUT2D eigenvalue weighted by molar-refractivity contribution is -0.135. The fourth-order valence-corrected chi connectivity index (χ4v) is 4.03.